The number of amides is 1. The zero-order chi connectivity index (χ0) is 18.1. The Kier molecular flexibility index (Phi) is 5.23. The second-order valence-electron chi connectivity index (χ2n) is 7.48. The molecule has 0 unspecified atom stereocenters. The van der Waals surface area contributed by atoms with Crippen LogP contribution in [0.25, 0.3) is 6.08 Å². The molecule has 0 fully saturated rings. The van der Waals surface area contributed by atoms with Gasteiger partial charge in [0.25, 0.3) is 5.91 Å². The SMILES string of the molecule is Cc1ccc(CCNC(=O)C2=Cc3sc4c(c3CS2)CC[C@@H](C)C4)cc1. The van der Waals surface area contributed by atoms with Gasteiger partial charge in [0.1, 0.15) is 0 Å². The van der Waals surface area contributed by atoms with Crippen LogP contribution in [0.5, 0.6) is 0 Å². The number of carbonyl (C=O) groups is 1. The Balaban J connectivity index is 1.40. The number of thiophene rings is 1. The van der Waals surface area contributed by atoms with Gasteiger partial charge in [0.2, 0.25) is 0 Å². The lowest BCUT2D eigenvalue weighted by atomic mass is 9.88. The van der Waals surface area contributed by atoms with E-state index < -0.39 is 0 Å². The number of aryl methyl sites for hydroxylation is 1. The number of rotatable bonds is 4. The first-order chi connectivity index (χ1) is 12.6. The van der Waals surface area contributed by atoms with Crippen LogP contribution in [-0.4, -0.2) is 12.5 Å². The van der Waals surface area contributed by atoms with E-state index in [1.807, 2.05) is 11.3 Å². The Morgan fingerprint density at radius 1 is 1.23 bits per heavy atom. The van der Waals surface area contributed by atoms with Gasteiger partial charge < -0.3 is 5.32 Å². The predicted octanol–water partition coefficient (Wildman–Crippen LogP) is 5.13. The first-order valence-corrected chi connectivity index (χ1v) is 11.2. The minimum absolute atomic E-state index is 0.0764. The molecule has 2 aliphatic rings. The summed E-state index contributed by atoms with van der Waals surface area (Å²) in [5, 5.41) is 3.09. The maximum Gasteiger partial charge on any atom is 0.257 e. The van der Waals surface area contributed by atoms with Gasteiger partial charge in [-0.15, -0.1) is 23.1 Å². The van der Waals surface area contributed by atoms with Crippen LogP contribution >= 0.6 is 23.1 Å². The summed E-state index contributed by atoms with van der Waals surface area (Å²) in [4.78, 5) is 16.3. The third-order valence-electron chi connectivity index (χ3n) is 5.33. The van der Waals surface area contributed by atoms with Crippen molar-refractivity contribution in [2.75, 3.05) is 6.54 Å². The molecule has 1 aromatic heterocycles. The van der Waals surface area contributed by atoms with Gasteiger partial charge in [-0.1, -0.05) is 36.8 Å². The zero-order valence-electron chi connectivity index (χ0n) is 15.4. The molecule has 1 N–H and O–H groups in total. The van der Waals surface area contributed by atoms with Gasteiger partial charge in [0.15, 0.2) is 0 Å². The maximum absolute atomic E-state index is 12.6. The Bertz CT molecular complexity index is 848. The predicted molar refractivity (Wildman–Crippen MR) is 113 cm³/mol. The molecule has 136 valence electrons. The standard InChI is InChI=1S/C22H25NOS2/c1-14-3-6-16(7-4-14)9-10-23-22(24)21-12-20-18(13-25-21)17-8-5-15(2)11-19(17)26-20/h3-4,6-7,12,15H,5,8-11,13H2,1-2H3,(H,23,24)/t15-/m1/s1. The van der Waals surface area contributed by atoms with Gasteiger partial charge in [-0.05, 0) is 61.3 Å². The molecule has 4 heteroatoms. The summed E-state index contributed by atoms with van der Waals surface area (Å²) in [5.74, 6) is 1.82. The van der Waals surface area contributed by atoms with E-state index in [1.165, 1.54) is 40.8 Å². The summed E-state index contributed by atoms with van der Waals surface area (Å²) in [6.07, 6.45) is 6.73. The fraction of sp³-hybridized carbons (Fsp3) is 0.409. The van der Waals surface area contributed by atoms with Crippen LogP contribution in [0, 0.1) is 12.8 Å². The molecular formula is C22H25NOS2. The molecule has 1 amide bonds. The molecule has 1 aliphatic heterocycles. The third kappa shape index (κ3) is 3.77. The van der Waals surface area contributed by atoms with Crippen molar-refractivity contribution in [2.24, 2.45) is 5.92 Å². The Morgan fingerprint density at radius 3 is 2.85 bits per heavy atom. The van der Waals surface area contributed by atoms with Crippen molar-refractivity contribution in [3.63, 3.8) is 0 Å². The van der Waals surface area contributed by atoms with Crippen molar-refractivity contribution in [3.8, 4) is 0 Å². The molecule has 0 bridgehead atoms. The molecule has 1 aliphatic carbocycles. The van der Waals surface area contributed by atoms with Gasteiger partial charge in [-0.2, -0.15) is 0 Å². The molecule has 2 heterocycles. The molecule has 26 heavy (non-hydrogen) atoms. The fourth-order valence-electron chi connectivity index (χ4n) is 3.72. The third-order valence-corrected chi connectivity index (χ3v) is 7.62. The van der Waals surface area contributed by atoms with Crippen molar-refractivity contribution >= 4 is 35.1 Å². The number of thioether (sulfide) groups is 1. The number of carbonyl (C=O) groups excluding carboxylic acids is 1. The van der Waals surface area contributed by atoms with E-state index in [0.717, 1.165) is 23.0 Å². The minimum atomic E-state index is 0.0764. The first-order valence-electron chi connectivity index (χ1n) is 9.42. The lowest BCUT2D eigenvalue weighted by molar-refractivity contribution is -0.116. The second-order valence-corrected chi connectivity index (χ2v) is 9.64. The van der Waals surface area contributed by atoms with E-state index in [9.17, 15) is 4.79 Å². The van der Waals surface area contributed by atoms with Crippen LogP contribution in [0.4, 0.5) is 0 Å². The normalized spacial score (nSPS) is 18.7. The van der Waals surface area contributed by atoms with Crippen LogP contribution in [0.15, 0.2) is 29.2 Å². The highest BCUT2D eigenvalue weighted by Gasteiger charge is 2.26. The number of hydrogen-bond donors (Lipinski definition) is 1. The summed E-state index contributed by atoms with van der Waals surface area (Å²) >= 11 is 3.61. The maximum atomic E-state index is 12.6. The van der Waals surface area contributed by atoms with Crippen molar-refractivity contribution < 1.29 is 4.79 Å². The molecule has 1 aromatic carbocycles. The fourth-order valence-corrected chi connectivity index (χ4v) is 6.39. The van der Waals surface area contributed by atoms with E-state index in [4.69, 9.17) is 0 Å². The van der Waals surface area contributed by atoms with Gasteiger partial charge in [0.05, 0.1) is 4.91 Å². The van der Waals surface area contributed by atoms with Crippen LogP contribution < -0.4 is 5.32 Å². The smallest absolute Gasteiger partial charge is 0.257 e. The summed E-state index contributed by atoms with van der Waals surface area (Å²) in [5.41, 5.74) is 5.62. The Labute approximate surface area is 164 Å². The van der Waals surface area contributed by atoms with E-state index in [2.05, 4.69) is 49.5 Å². The average molecular weight is 384 g/mol. The number of hydrogen-bond acceptors (Lipinski definition) is 3. The number of fused-ring (bicyclic) bond motifs is 3. The monoisotopic (exact) mass is 383 g/mol. The lowest BCUT2D eigenvalue weighted by Crippen LogP contribution is -2.26. The van der Waals surface area contributed by atoms with Crippen LogP contribution in [0.2, 0.25) is 0 Å². The summed E-state index contributed by atoms with van der Waals surface area (Å²) in [7, 11) is 0. The highest BCUT2D eigenvalue weighted by Crippen LogP contribution is 2.43. The molecule has 2 aromatic rings. The number of benzene rings is 1. The molecule has 0 spiro atoms. The van der Waals surface area contributed by atoms with Gasteiger partial charge in [0, 0.05) is 22.1 Å². The van der Waals surface area contributed by atoms with Crippen molar-refractivity contribution in [3.05, 3.63) is 61.2 Å². The zero-order valence-corrected chi connectivity index (χ0v) is 17.1. The highest BCUT2D eigenvalue weighted by molar-refractivity contribution is 8.03. The van der Waals surface area contributed by atoms with Crippen molar-refractivity contribution in [2.45, 2.75) is 45.3 Å². The van der Waals surface area contributed by atoms with E-state index >= 15 is 0 Å². The largest absolute Gasteiger partial charge is 0.351 e. The average Bonchev–Trinajstić information content (AvgIpc) is 2.99. The molecule has 4 rings (SSSR count). The van der Waals surface area contributed by atoms with Crippen LogP contribution in [0.3, 0.4) is 0 Å². The van der Waals surface area contributed by atoms with Crippen LogP contribution in [0.1, 0.15) is 45.4 Å². The summed E-state index contributed by atoms with van der Waals surface area (Å²) in [6, 6.07) is 8.52. The molecule has 0 saturated carbocycles. The molecule has 0 saturated heterocycles. The molecule has 0 radical (unpaired) electrons. The van der Waals surface area contributed by atoms with Crippen molar-refractivity contribution in [1.29, 1.82) is 0 Å². The van der Waals surface area contributed by atoms with Crippen molar-refractivity contribution in [1.82, 2.24) is 5.32 Å². The van der Waals surface area contributed by atoms with E-state index in [0.29, 0.717) is 6.54 Å². The minimum Gasteiger partial charge on any atom is -0.351 e. The summed E-state index contributed by atoms with van der Waals surface area (Å²) in [6.45, 7) is 5.12. The van der Waals surface area contributed by atoms with Gasteiger partial charge in [-0.3, -0.25) is 4.79 Å². The topological polar surface area (TPSA) is 29.1 Å². The van der Waals surface area contributed by atoms with E-state index in [1.54, 1.807) is 22.2 Å². The first kappa shape index (κ1) is 17.9. The summed E-state index contributed by atoms with van der Waals surface area (Å²) < 4.78 is 0. The molecule has 2 nitrogen and oxygen atoms in total. The second kappa shape index (κ2) is 7.61. The Hall–Kier alpha value is -1.52. The lowest BCUT2D eigenvalue weighted by Gasteiger charge is -2.19. The van der Waals surface area contributed by atoms with Gasteiger partial charge in [-0.25, -0.2) is 0 Å². The van der Waals surface area contributed by atoms with Gasteiger partial charge >= 0.3 is 0 Å². The Morgan fingerprint density at radius 2 is 2.04 bits per heavy atom. The highest BCUT2D eigenvalue weighted by atomic mass is 32.2. The quantitative estimate of drug-likeness (QED) is 0.793. The molecule has 1 atom stereocenters. The number of nitrogens with one attached hydrogen (secondary N) is 1. The van der Waals surface area contributed by atoms with Crippen LogP contribution in [-0.2, 0) is 29.8 Å². The molecular weight excluding hydrogens is 358 g/mol. The van der Waals surface area contributed by atoms with E-state index in [-0.39, 0.29) is 5.91 Å².